The number of nitrogen functional groups attached to an aromatic ring is 1. The first-order valence-electron chi connectivity index (χ1n) is 8.17. The molecule has 0 aromatic heterocycles. The molecule has 0 saturated carbocycles. The maximum atomic E-state index is 12.8. The SMILES string of the molecule is CCCNC(=O)C1CCCN(C(=O)c2cc(Cl)c(N)cc2OC)C1. The lowest BCUT2D eigenvalue weighted by Crippen LogP contribution is -2.45. The van der Waals surface area contributed by atoms with E-state index in [4.69, 9.17) is 22.1 Å². The van der Waals surface area contributed by atoms with Crippen molar-refractivity contribution in [1.82, 2.24) is 10.2 Å². The Morgan fingerprint density at radius 3 is 2.88 bits per heavy atom. The Bertz CT molecular complexity index is 621. The van der Waals surface area contributed by atoms with Crippen LogP contribution in [0.1, 0.15) is 36.5 Å². The Hall–Kier alpha value is -1.95. The Morgan fingerprint density at radius 1 is 1.46 bits per heavy atom. The maximum absolute atomic E-state index is 12.8. The number of piperidine rings is 1. The number of hydrogen-bond donors (Lipinski definition) is 2. The summed E-state index contributed by atoms with van der Waals surface area (Å²) in [4.78, 5) is 26.7. The summed E-state index contributed by atoms with van der Waals surface area (Å²) in [5.74, 6) is 0.0300. The lowest BCUT2D eigenvalue weighted by Gasteiger charge is -2.32. The lowest BCUT2D eigenvalue weighted by atomic mass is 9.96. The van der Waals surface area contributed by atoms with Crippen molar-refractivity contribution in [2.24, 2.45) is 5.92 Å². The zero-order valence-corrected chi connectivity index (χ0v) is 14.9. The molecule has 1 unspecified atom stereocenters. The summed E-state index contributed by atoms with van der Waals surface area (Å²) in [5.41, 5.74) is 6.49. The van der Waals surface area contributed by atoms with Crippen molar-refractivity contribution in [3.8, 4) is 5.75 Å². The molecule has 0 aliphatic carbocycles. The van der Waals surface area contributed by atoms with Crippen LogP contribution < -0.4 is 15.8 Å². The van der Waals surface area contributed by atoms with Crippen molar-refractivity contribution < 1.29 is 14.3 Å². The molecule has 2 amide bonds. The van der Waals surface area contributed by atoms with Gasteiger partial charge in [0.15, 0.2) is 0 Å². The number of ether oxygens (including phenoxy) is 1. The van der Waals surface area contributed by atoms with Crippen LogP contribution in [0.15, 0.2) is 12.1 Å². The minimum atomic E-state index is -0.193. The fraction of sp³-hybridized carbons (Fsp3) is 0.529. The third-order valence-electron chi connectivity index (χ3n) is 4.18. The predicted molar refractivity (Wildman–Crippen MR) is 94.3 cm³/mol. The van der Waals surface area contributed by atoms with E-state index < -0.39 is 0 Å². The molecule has 1 heterocycles. The van der Waals surface area contributed by atoms with E-state index in [2.05, 4.69) is 5.32 Å². The van der Waals surface area contributed by atoms with Gasteiger partial charge in [0.2, 0.25) is 5.91 Å². The molecule has 132 valence electrons. The van der Waals surface area contributed by atoms with E-state index in [1.54, 1.807) is 11.0 Å². The molecule has 0 spiro atoms. The number of rotatable bonds is 5. The van der Waals surface area contributed by atoms with Gasteiger partial charge in [-0.2, -0.15) is 0 Å². The van der Waals surface area contributed by atoms with Crippen molar-refractivity contribution in [3.05, 3.63) is 22.7 Å². The summed E-state index contributed by atoms with van der Waals surface area (Å²) in [5, 5.41) is 3.21. The Morgan fingerprint density at radius 2 is 2.21 bits per heavy atom. The normalized spacial score (nSPS) is 17.5. The average Bonchev–Trinajstić information content (AvgIpc) is 2.61. The minimum Gasteiger partial charge on any atom is -0.496 e. The van der Waals surface area contributed by atoms with Gasteiger partial charge in [-0.25, -0.2) is 0 Å². The van der Waals surface area contributed by atoms with Gasteiger partial charge in [-0.3, -0.25) is 9.59 Å². The number of amides is 2. The Labute approximate surface area is 147 Å². The summed E-state index contributed by atoms with van der Waals surface area (Å²) in [6, 6.07) is 3.07. The highest BCUT2D eigenvalue weighted by atomic mass is 35.5. The predicted octanol–water partition coefficient (Wildman–Crippen LogP) is 2.31. The fourth-order valence-electron chi connectivity index (χ4n) is 2.84. The van der Waals surface area contributed by atoms with Crippen LogP contribution in [0.4, 0.5) is 5.69 Å². The molecule has 0 radical (unpaired) electrons. The number of anilines is 1. The lowest BCUT2D eigenvalue weighted by molar-refractivity contribution is -0.126. The summed E-state index contributed by atoms with van der Waals surface area (Å²) in [7, 11) is 1.48. The van der Waals surface area contributed by atoms with E-state index in [1.165, 1.54) is 13.2 Å². The second-order valence-corrected chi connectivity index (χ2v) is 6.36. The number of nitrogens with one attached hydrogen (secondary N) is 1. The van der Waals surface area contributed by atoms with E-state index in [1.807, 2.05) is 6.92 Å². The number of nitrogens with two attached hydrogens (primary N) is 1. The van der Waals surface area contributed by atoms with Gasteiger partial charge < -0.3 is 20.7 Å². The van der Waals surface area contributed by atoms with Crippen LogP contribution in [-0.4, -0.2) is 43.5 Å². The standard InChI is InChI=1S/C17H24ClN3O3/c1-3-6-20-16(22)11-5-4-7-21(10-11)17(23)12-8-13(18)14(19)9-15(12)24-2/h8-9,11H,3-7,10,19H2,1-2H3,(H,20,22). The monoisotopic (exact) mass is 353 g/mol. The van der Waals surface area contributed by atoms with Crippen LogP contribution in [0.5, 0.6) is 5.75 Å². The first kappa shape index (κ1) is 18.4. The molecule has 1 aromatic rings. The Kier molecular flexibility index (Phi) is 6.31. The van der Waals surface area contributed by atoms with Crippen molar-refractivity contribution >= 4 is 29.1 Å². The summed E-state index contributed by atoms with van der Waals surface area (Å²) < 4.78 is 5.26. The molecule has 1 atom stereocenters. The van der Waals surface area contributed by atoms with Crippen LogP contribution >= 0.6 is 11.6 Å². The number of hydrogen-bond acceptors (Lipinski definition) is 4. The maximum Gasteiger partial charge on any atom is 0.257 e. The highest BCUT2D eigenvalue weighted by molar-refractivity contribution is 6.33. The van der Waals surface area contributed by atoms with E-state index in [0.29, 0.717) is 41.7 Å². The van der Waals surface area contributed by atoms with Crippen molar-refractivity contribution in [3.63, 3.8) is 0 Å². The van der Waals surface area contributed by atoms with Crippen molar-refractivity contribution in [2.45, 2.75) is 26.2 Å². The molecule has 1 aliphatic heterocycles. The number of likely N-dealkylation sites (tertiary alicyclic amines) is 1. The average molecular weight is 354 g/mol. The van der Waals surface area contributed by atoms with E-state index in [-0.39, 0.29) is 17.7 Å². The summed E-state index contributed by atoms with van der Waals surface area (Å²) in [6.45, 7) is 3.68. The zero-order valence-electron chi connectivity index (χ0n) is 14.1. The first-order valence-corrected chi connectivity index (χ1v) is 8.55. The van der Waals surface area contributed by atoms with Gasteiger partial charge in [-0.15, -0.1) is 0 Å². The van der Waals surface area contributed by atoms with Gasteiger partial charge in [0.05, 0.1) is 29.3 Å². The highest BCUT2D eigenvalue weighted by Gasteiger charge is 2.30. The van der Waals surface area contributed by atoms with E-state index >= 15 is 0 Å². The van der Waals surface area contributed by atoms with Crippen molar-refractivity contribution in [2.75, 3.05) is 32.5 Å². The molecule has 24 heavy (non-hydrogen) atoms. The van der Waals surface area contributed by atoms with Gasteiger partial charge in [-0.1, -0.05) is 18.5 Å². The van der Waals surface area contributed by atoms with Crippen LogP contribution in [0, 0.1) is 5.92 Å². The number of carbonyl (C=O) groups excluding carboxylic acids is 2. The molecule has 1 aromatic carbocycles. The number of nitrogens with zero attached hydrogens (tertiary/aromatic N) is 1. The second kappa shape index (κ2) is 8.24. The molecule has 6 nitrogen and oxygen atoms in total. The van der Waals surface area contributed by atoms with Crippen LogP contribution in [0.3, 0.4) is 0 Å². The molecule has 2 rings (SSSR count). The smallest absolute Gasteiger partial charge is 0.257 e. The highest BCUT2D eigenvalue weighted by Crippen LogP contribution is 2.30. The zero-order chi connectivity index (χ0) is 17.7. The molecule has 7 heteroatoms. The molecule has 1 saturated heterocycles. The molecular formula is C17H24ClN3O3. The Balaban J connectivity index is 2.15. The molecule has 0 bridgehead atoms. The second-order valence-electron chi connectivity index (χ2n) is 5.96. The third kappa shape index (κ3) is 4.12. The largest absolute Gasteiger partial charge is 0.496 e. The fourth-order valence-corrected chi connectivity index (χ4v) is 3.01. The number of methoxy groups -OCH3 is 1. The van der Waals surface area contributed by atoms with Gasteiger partial charge in [0.25, 0.3) is 5.91 Å². The van der Waals surface area contributed by atoms with Crippen LogP contribution in [0.2, 0.25) is 5.02 Å². The summed E-state index contributed by atoms with van der Waals surface area (Å²) in [6.07, 6.45) is 2.47. The molecular weight excluding hydrogens is 330 g/mol. The van der Waals surface area contributed by atoms with E-state index in [9.17, 15) is 9.59 Å². The van der Waals surface area contributed by atoms with Gasteiger partial charge >= 0.3 is 0 Å². The number of carbonyl (C=O) groups is 2. The molecule has 1 fully saturated rings. The summed E-state index contributed by atoms with van der Waals surface area (Å²) >= 11 is 6.05. The molecule has 1 aliphatic rings. The topological polar surface area (TPSA) is 84.7 Å². The van der Waals surface area contributed by atoms with E-state index in [0.717, 1.165) is 19.3 Å². The van der Waals surface area contributed by atoms with Gasteiger partial charge in [-0.05, 0) is 25.3 Å². The van der Waals surface area contributed by atoms with Crippen LogP contribution in [-0.2, 0) is 4.79 Å². The number of halogens is 1. The van der Waals surface area contributed by atoms with Crippen LogP contribution in [0.25, 0.3) is 0 Å². The minimum absolute atomic E-state index is 0.0108. The van der Waals surface area contributed by atoms with Gasteiger partial charge in [0, 0.05) is 25.7 Å². The first-order chi connectivity index (χ1) is 11.5. The quantitative estimate of drug-likeness (QED) is 0.795. The van der Waals surface area contributed by atoms with Gasteiger partial charge in [0.1, 0.15) is 5.75 Å². The van der Waals surface area contributed by atoms with Crippen molar-refractivity contribution in [1.29, 1.82) is 0 Å². The molecule has 3 N–H and O–H groups in total. The third-order valence-corrected chi connectivity index (χ3v) is 4.51. The number of benzene rings is 1.